The molecule has 200 valence electrons. The zero-order chi connectivity index (χ0) is 27.2. The zero-order valence-corrected chi connectivity index (χ0v) is 21.8. The Bertz CT molecular complexity index is 1180. The van der Waals surface area contributed by atoms with Crippen LogP contribution in [-0.2, 0) is 22.6 Å². The number of amides is 4. The lowest BCUT2D eigenvalue weighted by Gasteiger charge is -2.55. The summed E-state index contributed by atoms with van der Waals surface area (Å²) < 4.78 is 13.4. The molecule has 4 amide bonds. The van der Waals surface area contributed by atoms with Gasteiger partial charge in [-0.05, 0) is 35.6 Å². The molecule has 0 radical (unpaired) electrons. The number of terminal acetylenes is 1. The fourth-order valence-corrected chi connectivity index (χ4v) is 5.10. The van der Waals surface area contributed by atoms with Crippen molar-refractivity contribution < 1.29 is 18.8 Å². The summed E-state index contributed by atoms with van der Waals surface area (Å²) in [5.74, 6) is 1.75. The molecule has 2 aliphatic heterocycles. The molecule has 0 saturated carbocycles. The number of piperazine rings is 1. The van der Waals surface area contributed by atoms with Gasteiger partial charge in [-0.3, -0.25) is 9.59 Å². The number of hydrogen-bond acceptors (Lipinski definition) is 4. The van der Waals surface area contributed by atoms with Crippen LogP contribution >= 0.6 is 0 Å². The van der Waals surface area contributed by atoms with Crippen LogP contribution < -0.4 is 5.32 Å². The van der Waals surface area contributed by atoms with Crippen molar-refractivity contribution in [2.45, 2.75) is 45.4 Å². The monoisotopic (exact) mass is 519 g/mol. The topological polar surface area (TPSA) is 76.2 Å². The summed E-state index contributed by atoms with van der Waals surface area (Å²) in [5.41, 5.74) is 1.83. The van der Waals surface area contributed by atoms with E-state index in [-0.39, 0.29) is 49.2 Å². The second kappa shape index (κ2) is 12.1. The number of hydrazine groups is 1. The van der Waals surface area contributed by atoms with Crippen LogP contribution in [0.2, 0.25) is 0 Å². The van der Waals surface area contributed by atoms with Crippen molar-refractivity contribution in [2.75, 3.05) is 26.2 Å². The van der Waals surface area contributed by atoms with Crippen molar-refractivity contribution in [2.24, 2.45) is 5.92 Å². The number of benzene rings is 2. The van der Waals surface area contributed by atoms with E-state index in [1.54, 1.807) is 26.9 Å². The van der Waals surface area contributed by atoms with Crippen LogP contribution in [0.15, 0.2) is 54.6 Å². The van der Waals surface area contributed by atoms with Gasteiger partial charge in [0, 0.05) is 13.1 Å². The molecule has 4 rings (SSSR count). The van der Waals surface area contributed by atoms with Crippen molar-refractivity contribution >= 4 is 17.8 Å². The van der Waals surface area contributed by atoms with Gasteiger partial charge in [-0.25, -0.2) is 14.2 Å². The predicted octanol–water partition coefficient (Wildman–Crippen LogP) is 2.86. The van der Waals surface area contributed by atoms with E-state index in [0.717, 1.165) is 11.1 Å². The van der Waals surface area contributed by atoms with Gasteiger partial charge in [0.1, 0.15) is 18.0 Å². The highest BCUT2D eigenvalue weighted by atomic mass is 19.1. The summed E-state index contributed by atoms with van der Waals surface area (Å²) in [6.45, 7) is 4.76. The Labute approximate surface area is 223 Å². The molecule has 2 aliphatic rings. The molecule has 2 saturated heterocycles. The standard InChI is InChI=1S/C29H34FN5O3/c1-4-16-33-20-26(36)34-25(35(33)29(38)31-18-23-9-7-6-8-10-23)19-32(28(37)27(34)21(3)5-2)17-15-22-11-13-24(30)14-12-22/h1,6-14,21,25,27H,5,15-20H2,2-3H3,(H,31,38)/t21-,25?,27?/m0/s1. The fourth-order valence-electron chi connectivity index (χ4n) is 5.10. The second-order valence-corrected chi connectivity index (χ2v) is 9.79. The van der Waals surface area contributed by atoms with Crippen LogP contribution in [0.5, 0.6) is 0 Å². The molecule has 2 unspecified atom stereocenters. The molecule has 1 N–H and O–H groups in total. The first kappa shape index (κ1) is 27.1. The lowest BCUT2D eigenvalue weighted by molar-refractivity contribution is -0.192. The maximum atomic E-state index is 13.7. The highest BCUT2D eigenvalue weighted by Gasteiger charge is 2.52. The highest BCUT2D eigenvalue weighted by Crippen LogP contribution is 2.31. The van der Waals surface area contributed by atoms with Crippen molar-refractivity contribution in [1.82, 2.24) is 25.1 Å². The van der Waals surface area contributed by atoms with E-state index >= 15 is 0 Å². The third kappa shape index (κ3) is 5.81. The van der Waals surface area contributed by atoms with Gasteiger partial charge in [-0.2, -0.15) is 5.01 Å². The Morgan fingerprint density at radius 3 is 2.50 bits per heavy atom. The van der Waals surface area contributed by atoms with E-state index in [2.05, 4.69) is 11.2 Å². The largest absolute Gasteiger partial charge is 0.337 e. The van der Waals surface area contributed by atoms with Crippen molar-refractivity contribution in [1.29, 1.82) is 0 Å². The summed E-state index contributed by atoms with van der Waals surface area (Å²) in [6.07, 6.45) is 6.11. The third-order valence-corrected chi connectivity index (χ3v) is 7.30. The average molecular weight is 520 g/mol. The molecule has 2 fully saturated rings. The quantitative estimate of drug-likeness (QED) is 0.545. The number of nitrogens with one attached hydrogen (secondary N) is 1. The first-order valence-corrected chi connectivity index (χ1v) is 13.0. The van der Waals surface area contributed by atoms with Crippen LogP contribution in [0, 0.1) is 24.1 Å². The Kier molecular flexibility index (Phi) is 8.64. The third-order valence-electron chi connectivity index (χ3n) is 7.30. The van der Waals surface area contributed by atoms with Gasteiger partial charge in [0.25, 0.3) is 0 Å². The van der Waals surface area contributed by atoms with Gasteiger partial charge in [-0.15, -0.1) is 6.42 Å². The summed E-state index contributed by atoms with van der Waals surface area (Å²) in [7, 11) is 0. The van der Waals surface area contributed by atoms with Gasteiger partial charge in [0.05, 0.1) is 19.6 Å². The molecule has 8 nitrogen and oxygen atoms in total. The van der Waals surface area contributed by atoms with Crippen LogP contribution in [0.1, 0.15) is 31.4 Å². The van der Waals surface area contributed by atoms with Crippen molar-refractivity contribution in [3.8, 4) is 12.3 Å². The first-order valence-electron chi connectivity index (χ1n) is 13.0. The lowest BCUT2D eigenvalue weighted by atomic mass is 9.92. The molecule has 0 aromatic heterocycles. The average Bonchev–Trinajstić information content (AvgIpc) is 2.92. The number of carbonyl (C=O) groups excluding carboxylic acids is 3. The summed E-state index contributed by atoms with van der Waals surface area (Å²) in [6, 6.07) is 14.6. The smallest absolute Gasteiger partial charge is 0.334 e. The molecule has 9 heteroatoms. The van der Waals surface area contributed by atoms with Crippen LogP contribution in [-0.4, -0.2) is 76.0 Å². The second-order valence-electron chi connectivity index (χ2n) is 9.79. The molecule has 2 heterocycles. The van der Waals surface area contributed by atoms with E-state index in [9.17, 15) is 18.8 Å². The van der Waals surface area contributed by atoms with Gasteiger partial charge in [-0.1, -0.05) is 68.7 Å². The molecular weight excluding hydrogens is 485 g/mol. The summed E-state index contributed by atoms with van der Waals surface area (Å²) in [4.78, 5) is 44.0. The number of rotatable bonds is 8. The first-order chi connectivity index (χ1) is 18.3. The molecule has 3 atom stereocenters. The Hall–Kier alpha value is -3.90. The molecule has 0 bridgehead atoms. The lowest BCUT2D eigenvalue weighted by Crippen LogP contribution is -2.77. The Balaban J connectivity index is 1.62. The summed E-state index contributed by atoms with van der Waals surface area (Å²) >= 11 is 0. The minimum absolute atomic E-state index is 0.0758. The zero-order valence-electron chi connectivity index (χ0n) is 21.8. The fraction of sp³-hybridized carbons (Fsp3) is 0.414. The van der Waals surface area contributed by atoms with E-state index in [0.29, 0.717) is 25.9 Å². The van der Waals surface area contributed by atoms with Gasteiger partial charge >= 0.3 is 6.03 Å². The van der Waals surface area contributed by atoms with Crippen LogP contribution in [0.25, 0.3) is 0 Å². The van der Waals surface area contributed by atoms with E-state index < -0.39 is 12.2 Å². The van der Waals surface area contributed by atoms with E-state index in [1.807, 2.05) is 44.2 Å². The number of fused-ring (bicyclic) bond motifs is 1. The SMILES string of the molecule is C#CCN1CC(=O)N2C([C@@H](C)CC)C(=O)N(CCc3ccc(F)cc3)CC2N1C(=O)NCc1ccccc1. The number of carbonyl (C=O) groups is 3. The van der Waals surface area contributed by atoms with Gasteiger partial charge < -0.3 is 15.1 Å². The molecule has 2 aromatic carbocycles. The number of urea groups is 1. The van der Waals surface area contributed by atoms with E-state index in [4.69, 9.17) is 6.42 Å². The maximum Gasteiger partial charge on any atom is 0.334 e. The predicted molar refractivity (Wildman–Crippen MR) is 141 cm³/mol. The highest BCUT2D eigenvalue weighted by molar-refractivity contribution is 5.91. The number of nitrogens with zero attached hydrogens (tertiary/aromatic N) is 4. The maximum absolute atomic E-state index is 13.7. The molecule has 2 aromatic rings. The minimum atomic E-state index is -0.703. The van der Waals surface area contributed by atoms with Crippen LogP contribution in [0.4, 0.5) is 9.18 Å². The summed E-state index contributed by atoms with van der Waals surface area (Å²) in [5, 5.41) is 6.04. The molecule has 0 spiro atoms. The minimum Gasteiger partial charge on any atom is -0.337 e. The number of halogens is 1. The Morgan fingerprint density at radius 2 is 1.84 bits per heavy atom. The number of hydrogen-bond donors (Lipinski definition) is 1. The van der Waals surface area contributed by atoms with Crippen molar-refractivity contribution in [3.63, 3.8) is 0 Å². The van der Waals surface area contributed by atoms with Gasteiger partial charge in [0.15, 0.2) is 0 Å². The normalized spacial score (nSPS) is 20.6. The Morgan fingerprint density at radius 1 is 1.13 bits per heavy atom. The van der Waals surface area contributed by atoms with Gasteiger partial charge in [0.2, 0.25) is 11.8 Å². The molecular formula is C29H34FN5O3. The van der Waals surface area contributed by atoms with Crippen LogP contribution in [0.3, 0.4) is 0 Å². The molecule has 38 heavy (non-hydrogen) atoms. The van der Waals surface area contributed by atoms with Crippen molar-refractivity contribution in [3.05, 3.63) is 71.5 Å². The van der Waals surface area contributed by atoms with E-state index in [1.165, 1.54) is 17.1 Å². The molecule has 0 aliphatic carbocycles.